The van der Waals surface area contributed by atoms with Crippen molar-refractivity contribution in [3.63, 3.8) is 0 Å². The zero-order valence-corrected chi connectivity index (χ0v) is 13.2. The fourth-order valence-corrected chi connectivity index (χ4v) is 3.89. The highest BCUT2D eigenvalue weighted by molar-refractivity contribution is 5.92. The van der Waals surface area contributed by atoms with Crippen LogP contribution in [0, 0.1) is 0 Å². The lowest BCUT2D eigenvalue weighted by Crippen LogP contribution is -2.38. The number of carbonyl (C=O) groups excluding carboxylic acids is 1. The molecule has 3 saturated heterocycles. The van der Waals surface area contributed by atoms with Gasteiger partial charge in [0.05, 0.1) is 11.4 Å². The Morgan fingerprint density at radius 2 is 1.87 bits per heavy atom. The molecule has 0 spiro atoms. The van der Waals surface area contributed by atoms with Crippen LogP contribution in [0.2, 0.25) is 0 Å². The summed E-state index contributed by atoms with van der Waals surface area (Å²) in [7, 11) is 0. The normalized spacial score (nSPS) is 23.6. The lowest BCUT2D eigenvalue weighted by molar-refractivity contribution is 0.112. The molecule has 0 unspecified atom stereocenters. The van der Waals surface area contributed by atoms with Crippen molar-refractivity contribution >= 4 is 12.0 Å². The predicted octanol–water partition coefficient (Wildman–Crippen LogP) is 2.85. The molecule has 0 amide bonds. The molecule has 3 aliphatic rings. The number of piperidine rings is 1. The number of aromatic nitrogens is 1. The van der Waals surface area contributed by atoms with E-state index in [4.69, 9.17) is 0 Å². The molecule has 4 nitrogen and oxygen atoms in total. The van der Waals surface area contributed by atoms with Crippen molar-refractivity contribution in [2.45, 2.75) is 18.9 Å². The van der Waals surface area contributed by atoms with Crippen LogP contribution < -0.4 is 4.90 Å². The second-order valence-corrected chi connectivity index (χ2v) is 6.34. The van der Waals surface area contributed by atoms with Crippen LogP contribution in [0.25, 0.3) is 11.3 Å². The van der Waals surface area contributed by atoms with Crippen molar-refractivity contribution in [3.8, 4) is 11.3 Å². The Labute approximate surface area is 136 Å². The molecule has 2 aromatic rings. The molecule has 0 N–H and O–H groups in total. The number of hydrogen-bond donors (Lipinski definition) is 0. The van der Waals surface area contributed by atoms with Crippen LogP contribution in [0.5, 0.6) is 0 Å². The van der Waals surface area contributed by atoms with Gasteiger partial charge in [0, 0.05) is 49.5 Å². The summed E-state index contributed by atoms with van der Waals surface area (Å²) in [6.45, 7) is 4.40. The van der Waals surface area contributed by atoms with Crippen molar-refractivity contribution < 1.29 is 4.79 Å². The first-order valence-electron chi connectivity index (χ1n) is 8.35. The van der Waals surface area contributed by atoms with Gasteiger partial charge in [-0.05, 0) is 31.0 Å². The Bertz CT molecular complexity index is 693. The predicted molar refractivity (Wildman–Crippen MR) is 91.9 cm³/mol. The van der Waals surface area contributed by atoms with Crippen molar-refractivity contribution in [3.05, 3.63) is 48.2 Å². The summed E-state index contributed by atoms with van der Waals surface area (Å²) in [6.07, 6.45) is 5.15. The summed E-state index contributed by atoms with van der Waals surface area (Å²) in [4.78, 5) is 21.2. The molecule has 1 aromatic carbocycles. The summed E-state index contributed by atoms with van der Waals surface area (Å²) in [5.41, 5.74) is 3.84. The van der Waals surface area contributed by atoms with E-state index in [1.165, 1.54) is 25.9 Å². The molecule has 5 rings (SSSR count). The van der Waals surface area contributed by atoms with E-state index in [0.29, 0.717) is 6.04 Å². The van der Waals surface area contributed by atoms with Gasteiger partial charge in [-0.25, -0.2) is 0 Å². The number of aldehydes is 1. The largest absolute Gasteiger partial charge is 0.366 e. The minimum absolute atomic E-state index is 0.525. The van der Waals surface area contributed by atoms with Gasteiger partial charge in [0.2, 0.25) is 0 Å². The van der Waals surface area contributed by atoms with Crippen LogP contribution in [-0.4, -0.2) is 48.4 Å². The third-order valence-electron chi connectivity index (χ3n) is 5.08. The van der Waals surface area contributed by atoms with Crippen molar-refractivity contribution in [1.29, 1.82) is 0 Å². The molecule has 0 atom stereocenters. The first-order chi connectivity index (χ1) is 11.4. The maximum Gasteiger partial charge on any atom is 0.152 e. The highest BCUT2D eigenvalue weighted by Gasteiger charge is 2.31. The summed E-state index contributed by atoms with van der Waals surface area (Å²) in [5, 5.41) is 0. The van der Waals surface area contributed by atoms with Gasteiger partial charge < -0.3 is 9.80 Å². The minimum atomic E-state index is 0.525. The average Bonchev–Trinajstić information content (AvgIpc) is 2.95. The number of para-hydroxylation sites is 1. The number of anilines is 1. The summed E-state index contributed by atoms with van der Waals surface area (Å²) >= 11 is 0. The van der Waals surface area contributed by atoms with E-state index in [9.17, 15) is 4.79 Å². The van der Waals surface area contributed by atoms with Gasteiger partial charge in [0.25, 0.3) is 0 Å². The highest BCUT2D eigenvalue weighted by Crippen LogP contribution is 2.36. The Kier molecular flexibility index (Phi) is 3.83. The molecule has 3 fully saturated rings. The minimum Gasteiger partial charge on any atom is -0.366 e. The smallest absolute Gasteiger partial charge is 0.152 e. The van der Waals surface area contributed by atoms with Crippen molar-refractivity contribution in [2.24, 2.45) is 0 Å². The molecular weight excluding hydrogens is 286 g/mol. The summed E-state index contributed by atoms with van der Waals surface area (Å²) < 4.78 is 0. The van der Waals surface area contributed by atoms with E-state index in [0.717, 1.165) is 41.9 Å². The van der Waals surface area contributed by atoms with E-state index in [2.05, 4.69) is 20.9 Å². The standard InChI is InChI=1S/C19H21N3O/c23-14-15-4-3-5-17(18-6-1-2-9-20-18)19(15)22-13-12-21-10-7-16(22)8-11-21/h1-6,9,14,16H,7-8,10-13H2. The van der Waals surface area contributed by atoms with E-state index < -0.39 is 0 Å². The topological polar surface area (TPSA) is 36.4 Å². The lowest BCUT2D eigenvalue weighted by atomic mass is 9.99. The third kappa shape index (κ3) is 2.63. The fraction of sp³-hybridized carbons (Fsp3) is 0.368. The third-order valence-corrected chi connectivity index (χ3v) is 5.08. The Morgan fingerprint density at radius 3 is 2.61 bits per heavy atom. The summed E-state index contributed by atoms with van der Waals surface area (Å²) in [5.74, 6) is 0. The zero-order chi connectivity index (χ0) is 15.6. The number of benzene rings is 1. The quantitative estimate of drug-likeness (QED) is 0.817. The average molecular weight is 307 g/mol. The van der Waals surface area contributed by atoms with Gasteiger partial charge in [0.15, 0.2) is 6.29 Å². The van der Waals surface area contributed by atoms with Gasteiger partial charge >= 0.3 is 0 Å². The Morgan fingerprint density at radius 1 is 1.00 bits per heavy atom. The molecule has 3 aliphatic heterocycles. The summed E-state index contributed by atoms with van der Waals surface area (Å²) in [6, 6.07) is 12.4. The lowest BCUT2D eigenvalue weighted by Gasteiger charge is -2.34. The van der Waals surface area contributed by atoms with E-state index in [1.54, 1.807) is 0 Å². The van der Waals surface area contributed by atoms with Crippen LogP contribution >= 0.6 is 0 Å². The number of pyridine rings is 1. The number of rotatable bonds is 3. The van der Waals surface area contributed by atoms with Crippen LogP contribution in [-0.2, 0) is 0 Å². The molecule has 23 heavy (non-hydrogen) atoms. The molecule has 4 heteroatoms. The molecule has 0 radical (unpaired) electrons. The Balaban J connectivity index is 1.84. The van der Waals surface area contributed by atoms with Crippen LogP contribution in [0.3, 0.4) is 0 Å². The maximum absolute atomic E-state index is 11.7. The van der Waals surface area contributed by atoms with Gasteiger partial charge in [-0.1, -0.05) is 18.2 Å². The van der Waals surface area contributed by atoms with E-state index in [1.807, 2.05) is 36.5 Å². The molecule has 2 bridgehead atoms. The van der Waals surface area contributed by atoms with Gasteiger partial charge in [-0.2, -0.15) is 0 Å². The molecule has 1 aromatic heterocycles. The fourth-order valence-electron chi connectivity index (χ4n) is 3.89. The van der Waals surface area contributed by atoms with Crippen LogP contribution in [0.4, 0.5) is 5.69 Å². The SMILES string of the molecule is O=Cc1cccc(-c2ccccn2)c1N1CCN2CCC1CC2. The van der Waals surface area contributed by atoms with Crippen molar-refractivity contribution in [1.82, 2.24) is 9.88 Å². The maximum atomic E-state index is 11.7. The Hall–Kier alpha value is -2.20. The molecule has 4 heterocycles. The van der Waals surface area contributed by atoms with Gasteiger partial charge in [-0.15, -0.1) is 0 Å². The molecule has 118 valence electrons. The first kappa shape index (κ1) is 14.4. The van der Waals surface area contributed by atoms with Crippen LogP contribution in [0.1, 0.15) is 23.2 Å². The number of nitrogens with zero attached hydrogens (tertiary/aromatic N) is 3. The highest BCUT2D eigenvalue weighted by atomic mass is 16.1. The number of hydrogen-bond acceptors (Lipinski definition) is 4. The number of carbonyl (C=O) groups is 1. The monoisotopic (exact) mass is 307 g/mol. The molecular formula is C19H21N3O. The second-order valence-electron chi connectivity index (χ2n) is 6.34. The van der Waals surface area contributed by atoms with Gasteiger partial charge in [0.1, 0.15) is 0 Å². The van der Waals surface area contributed by atoms with Crippen molar-refractivity contribution in [2.75, 3.05) is 31.1 Å². The van der Waals surface area contributed by atoms with E-state index >= 15 is 0 Å². The zero-order valence-electron chi connectivity index (χ0n) is 13.2. The molecule has 0 saturated carbocycles. The molecule has 0 aliphatic carbocycles. The van der Waals surface area contributed by atoms with Crippen LogP contribution in [0.15, 0.2) is 42.6 Å². The van der Waals surface area contributed by atoms with E-state index in [-0.39, 0.29) is 0 Å². The number of fused-ring (bicyclic) bond motifs is 4. The van der Waals surface area contributed by atoms with Gasteiger partial charge in [-0.3, -0.25) is 9.78 Å². The second kappa shape index (κ2) is 6.13. The first-order valence-corrected chi connectivity index (χ1v) is 8.35.